The molecular weight excluding hydrogens is 372 g/mol. The van der Waals surface area contributed by atoms with E-state index in [-0.39, 0.29) is 21.8 Å². The second-order valence-corrected chi connectivity index (χ2v) is 7.68. The minimum absolute atomic E-state index is 0.0239. The number of benzene rings is 1. The van der Waals surface area contributed by atoms with Crippen LogP contribution in [-0.4, -0.2) is 41.7 Å². The van der Waals surface area contributed by atoms with E-state index in [4.69, 9.17) is 11.6 Å². The van der Waals surface area contributed by atoms with Crippen molar-refractivity contribution in [2.75, 3.05) is 17.8 Å². The topological polar surface area (TPSA) is 92.3 Å². The average Bonchev–Trinajstić information content (AvgIpc) is 2.98. The lowest BCUT2D eigenvalue weighted by atomic mass is 10.2. The molecule has 2 rings (SSSR count). The van der Waals surface area contributed by atoms with Crippen molar-refractivity contribution in [3.8, 4) is 0 Å². The standard InChI is InChI=1S/C14H17ClN4O3S2/c1-4-19(5-2)13(20)12-16-14(23-17-12)18-24(21,22)11-8-6-7-10(15)9(11)3/h6-8H,4-5H2,1-3H3,(H,16,17,18). The van der Waals surface area contributed by atoms with E-state index in [0.717, 1.165) is 11.5 Å². The van der Waals surface area contributed by atoms with E-state index in [2.05, 4.69) is 14.1 Å². The number of hydrogen-bond donors (Lipinski definition) is 1. The lowest BCUT2D eigenvalue weighted by Gasteiger charge is -2.15. The van der Waals surface area contributed by atoms with Crippen LogP contribution in [0.5, 0.6) is 0 Å². The monoisotopic (exact) mass is 388 g/mol. The summed E-state index contributed by atoms with van der Waals surface area (Å²) in [6.45, 7) is 6.36. The normalized spacial score (nSPS) is 11.3. The minimum atomic E-state index is -3.86. The number of aromatic nitrogens is 2. The van der Waals surface area contributed by atoms with Gasteiger partial charge in [-0.1, -0.05) is 17.7 Å². The minimum Gasteiger partial charge on any atom is -0.336 e. The number of carbonyl (C=O) groups is 1. The lowest BCUT2D eigenvalue weighted by molar-refractivity contribution is 0.0762. The van der Waals surface area contributed by atoms with Crippen molar-refractivity contribution in [2.45, 2.75) is 25.7 Å². The fourth-order valence-electron chi connectivity index (χ4n) is 2.05. The van der Waals surface area contributed by atoms with Gasteiger partial charge in [-0.15, -0.1) is 0 Å². The van der Waals surface area contributed by atoms with Gasteiger partial charge in [-0.05, 0) is 38.5 Å². The Morgan fingerprint density at radius 2 is 2.00 bits per heavy atom. The van der Waals surface area contributed by atoms with Crippen LogP contribution < -0.4 is 4.72 Å². The second kappa shape index (κ2) is 7.45. The first kappa shape index (κ1) is 18.6. The van der Waals surface area contributed by atoms with Gasteiger partial charge >= 0.3 is 0 Å². The summed E-state index contributed by atoms with van der Waals surface area (Å²) in [6.07, 6.45) is 0. The van der Waals surface area contributed by atoms with Crippen molar-refractivity contribution in [2.24, 2.45) is 0 Å². The van der Waals surface area contributed by atoms with Crippen molar-refractivity contribution in [1.82, 2.24) is 14.3 Å². The summed E-state index contributed by atoms with van der Waals surface area (Å²) >= 11 is 6.78. The smallest absolute Gasteiger partial charge is 0.292 e. The number of nitrogens with one attached hydrogen (secondary N) is 1. The van der Waals surface area contributed by atoms with E-state index in [1.807, 2.05) is 13.8 Å². The second-order valence-electron chi connectivity index (χ2n) is 4.87. The maximum Gasteiger partial charge on any atom is 0.292 e. The fourth-order valence-corrected chi connectivity index (χ4v) is 4.34. The molecule has 1 N–H and O–H groups in total. The zero-order valence-electron chi connectivity index (χ0n) is 13.4. The number of sulfonamides is 1. The van der Waals surface area contributed by atoms with Gasteiger partial charge in [-0.25, -0.2) is 8.42 Å². The molecule has 0 unspecified atom stereocenters. The predicted molar refractivity (Wildman–Crippen MR) is 94.2 cm³/mol. The molecule has 1 aromatic heterocycles. The third-order valence-electron chi connectivity index (χ3n) is 3.40. The van der Waals surface area contributed by atoms with Crippen LogP contribution in [0.25, 0.3) is 0 Å². The molecule has 0 fully saturated rings. The Morgan fingerprint density at radius 3 is 2.62 bits per heavy atom. The van der Waals surface area contributed by atoms with Crippen LogP contribution in [0.15, 0.2) is 23.1 Å². The Bertz CT molecular complexity index is 847. The van der Waals surface area contributed by atoms with Crippen molar-refractivity contribution >= 4 is 44.2 Å². The maximum atomic E-state index is 12.5. The Morgan fingerprint density at radius 1 is 1.33 bits per heavy atom. The number of hydrogen-bond acceptors (Lipinski definition) is 6. The number of halogens is 1. The first-order chi connectivity index (χ1) is 11.3. The Labute approximate surface area is 149 Å². The average molecular weight is 389 g/mol. The van der Waals surface area contributed by atoms with Gasteiger partial charge in [0.05, 0.1) is 4.90 Å². The molecule has 0 saturated heterocycles. The van der Waals surface area contributed by atoms with Gasteiger partial charge in [0.2, 0.25) is 11.0 Å². The molecule has 0 saturated carbocycles. The van der Waals surface area contributed by atoms with Crippen LogP contribution in [0.1, 0.15) is 30.0 Å². The number of anilines is 1. The fraction of sp³-hybridized carbons (Fsp3) is 0.357. The molecule has 0 aliphatic carbocycles. The molecule has 0 bridgehead atoms. The van der Waals surface area contributed by atoms with Gasteiger partial charge in [0, 0.05) is 29.6 Å². The lowest BCUT2D eigenvalue weighted by Crippen LogP contribution is -2.31. The zero-order valence-corrected chi connectivity index (χ0v) is 15.8. The molecular formula is C14H17ClN4O3S2. The molecule has 1 aromatic carbocycles. The molecule has 1 amide bonds. The highest BCUT2D eigenvalue weighted by Gasteiger charge is 2.22. The first-order valence-electron chi connectivity index (χ1n) is 7.21. The third-order valence-corrected chi connectivity index (χ3v) is 6.05. The summed E-state index contributed by atoms with van der Waals surface area (Å²) in [6, 6.07) is 4.62. The van der Waals surface area contributed by atoms with Crippen LogP contribution in [0, 0.1) is 6.92 Å². The van der Waals surface area contributed by atoms with E-state index in [1.54, 1.807) is 24.0 Å². The van der Waals surface area contributed by atoms with Gasteiger partial charge in [0.1, 0.15) is 0 Å². The van der Waals surface area contributed by atoms with E-state index >= 15 is 0 Å². The first-order valence-corrected chi connectivity index (χ1v) is 9.84. The zero-order chi connectivity index (χ0) is 17.9. The molecule has 0 radical (unpaired) electrons. The summed E-state index contributed by atoms with van der Waals surface area (Å²) in [5, 5.41) is 0.387. The molecule has 2 aromatic rings. The number of carbonyl (C=O) groups excluding carboxylic acids is 1. The van der Waals surface area contributed by atoms with Gasteiger partial charge in [0.25, 0.3) is 15.9 Å². The Kier molecular flexibility index (Phi) is 5.79. The highest BCUT2D eigenvalue weighted by Crippen LogP contribution is 2.25. The summed E-state index contributed by atoms with van der Waals surface area (Å²) in [4.78, 5) is 17.8. The molecule has 1 heterocycles. The largest absolute Gasteiger partial charge is 0.336 e. The molecule has 130 valence electrons. The molecule has 7 nitrogen and oxygen atoms in total. The van der Waals surface area contributed by atoms with Crippen LogP contribution in [-0.2, 0) is 10.0 Å². The summed E-state index contributed by atoms with van der Waals surface area (Å²) < 4.78 is 31.2. The van der Waals surface area contributed by atoms with Gasteiger partial charge in [0.15, 0.2) is 0 Å². The highest BCUT2D eigenvalue weighted by atomic mass is 35.5. The van der Waals surface area contributed by atoms with Crippen LogP contribution in [0.4, 0.5) is 5.13 Å². The van der Waals surface area contributed by atoms with E-state index in [9.17, 15) is 13.2 Å². The Hall–Kier alpha value is -1.71. The molecule has 0 aliphatic rings. The van der Waals surface area contributed by atoms with Crippen molar-refractivity contribution in [1.29, 1.82) is 0 Å². The molecule has 0 spiro atoms. The van der Waals surface area contributed by atoms with E-state index < -0.39 is 10.0 Å². The van der Waals surface area contributed by atoms with Gasteiger partial charge < -0.3 is 4.90 Å². The predicted octanol–water partition coefficient (Wildman–Crippen LogP) is 2.78. The van der Waals surface area contributed by atoms with Crippen molar-refractivity contribution in [3.05, 3.63) is 34.6 Å². The summed E-state index contributed by atoms with van der Waals surface area (Å²) in [5.74, 6) is -0.357. The number of rotatable bonds is 6. The van der Waals surface area contributed by atoms with Gasteiger partial charge in [-0.2, -0.15) is 9.36 Å². The van der Waals surface area contributed by atoms with E-state index in [0.29, 0.717) is 23.7 Å². The Balaban J connectivity index is 2.26. The van der Waals surface area contributed by atoms with E-state index in [1.165, 1.54) is 6.07 Å². The van der Waals surface area contributed by atoms with Gasteiger partial charge in [-0.3, -0.25) is 9.52 Å². The summed E-state index contributed by atoms with van der Waals surface area (Å²) in [5.41, 5.74) is 0.440. The van der Waals surface area contributed by atoms with Crippen molar-refractivity contribution in [3.63, 3.8) is 0 Å². The highest BCUT2D eigenvalue weighted by molar-refractivity contribution is 7.93. The van der Waals surface area contributed by atoms with Crippen LogP contribution in [0.3, 0.4) is 0 Å². The third kappa shape index (κ3) is 3.85. The molecule has 0 aliphatic heterocycles. The maximum absolute atomic E-state index is 12.5. The van der Waals surface area contributed by atoms with Crippen molar-refractivity contribution < 1.29 is 13.2 Å². The number of nitrogens with zero attached hydrogens (tertiary/aromatic N) is 3. The summed E-state index contributed by atoms with van der Waals surface area (Å²) in [7, 11) is -3.86. The molecule has 0 atom stereocenters. The van der Waals surface area contributed by atoms with Crippen LogP contribution in [0.2, 0.25) is 5.02 Å². The molecule has 24 heavy (non-hydrogen) atoms. The van der Waals surface area contributed by atoms with Crippen LogP contribution >= 0.6 is 23.1 Å². The SMILES string of the molecule is CCN(CC)C(=O)c1nsc(NS(=O)(=O)c2cccc(Cl)c2C)n1. The quantitative estimate of drug-likeness (QED) is 0.821. The number of amides is 1. The molecule has 10 heteroatoms.